The van der Waals surface area contributed by atoms with Crippen molar-refractivity contribution in [2.75, 3.05) is 5.32 Å². The van der Waals surface area contributed by atoms with Crippen molar-refractivity contribution in [2.45, 2.75) is 32.6 Å². The van der Waals surface area contributed by atoms with Crippen LogP contribution in [0.15, 0.2) is 65.2 Å². The Morgan fingerprint density at radius 1 is 1.15 bits per heavy atom. The zero-order valence-corrected chi connectivity index (χ0v) is 16.2. The maximum absolute atomic E-state index is 12.9. The van der Waals surface area contributed by atoms with Crippen LogP contribution < -0.4 is 5.32 Å². The second-order valence-electron chi connectivity index (χ2n) is 6.70. The van der Waals surface area contributed by atoms with E-state index in [-0.39, 0.29) is 23.8 Å². The van der Waals surface area contributed by atoms with E-state index >= 15 is 0 Å². The molecule has 0 aliphatic rings. The van der Waals surface area contributed by atoms with Crippen LogP contribution in [0.25, 0.3) is 0 Å². The van der Waals surface area contributed by atoms with Gasteiger partial charge in [-0.1, -0.05) is 74.3 Å². The third-order valence-corrected chi connectivity index (χ3v) is 4.98. The first-order valence-corrected chi connectivity index (χ1v) is 9.49. The quantitative estimate of drug-likeness (QED) is 0.571. The van der Waals surface area contributed by atoms with E-state index in [1.54, 1.807) is 6.20 Å². The Kier molecular flexibility index (Phi) is 6.30. The predicted molar refractivity (Wildman–Crippen MR) is 108 cm³/mol. The summed E-state index contributed by atoms with van der Waals surface area (Å²) in [5.74, 6) is 0.543. The molecule has 27 heavy (non-hydrogen) atoms. The summed E-state index contributed by atoms with van der Waals surface area (Å²) < 4.78 is 5.71. The lowest BCUT2D eigenvalue weighted by Gasteiger charge is -2.21. The molecule has 5 heteroatoms. The minimum Gasteiger partial charge on any atom is -0.428 e. The van der Waals surface area contributed by atoms with Gasteiger partial charge in [-0.25, -0.2) is 4.98 Å². The highest BCUT2D eigenvalue weighted by Gasteiger charge is 2.26. The molecular weight excluding hydrogens is 360 g/mol. The van der Waals surface area contributed by atoms with Crippen molar-refractivity contribution in [2.24, 2.45) is 5.92 Å². The molecular formula is C22H23ClN2O2. The number of nitrogens with one attached hydrogen (secondary N) is 1. The largest absolute Gasteiger partial charge is 0.428 e. The molecule has 0 radical (unpaired) electrons. The fourth-order valence-corrected chi connectivity index (χ4v) is 3.19. The van der Waals surface area contributed by atoms with E-state index in [1.165, 1.54) is 0 Å². The lowest BCUT2D eigenvalue weighted by Crippen LogP contribution is -2.26. The van der Waals surface area contributed by atoms with Crippen LogP contribution in [0, 0.1) is 5.92 Å². The number of hydrogen-bond donors (Lipinski definition) is 1. The molecule has 0 aliphatic heterocycles. The predicted octanol–water partition coefficient (Wildman–Crippen LogP) is 5.69. The third kappa shape index (κ3) is 4.98. The molecule has 2 unspecified atom stereocenters. The highest BCUT2D eigenvalue weighted by atomic mass is 35.5. The Balaban J connectivity index is 1.71. The van der Waals surface area contributed by atoms with Gasteiger partial charge in [0.25, 0.3) is 0 Å². The van der Waals surface area contributed by atoms with Gasteiger partial charge in [-0.05, 0) is 29.2 Å². The number of anilines is 1. The molecule has 3 rings (SSSR count). The number of oxazole rings is 1. The van der Waals surface area contributed by atoms with E-state index < -0.39 is 0 Å². The number of hydrogen-bond acceptors (Lipinski definition) is 3. The van der Waals surface area contributed by atoms with Crippen molar-refractivity contribution in [3.05, 3.63) is 82.7 Å². The van der Waals surface area contributed by atoms with Crippen LogP contribution in [0.4, 0.5) is 6.01 Å². The first-order chi connectivity index (χ1) is 13.1. The summed E-state index contributed by atoms with van der Waals surface area (Å²) in [5, 5.41) is 3.53. The van der Waals surface area contributed by atoms with Crippen molar-refractivity contribution in [1.29, 1.82) is 0 Å². The highest BCUT2D eigenvalue weighted by molar-refractivity contribution is 6.30. The summed E-state index contributed by atoms with van der Waals surface area (Å²) in [6, 6.07) is 17.6. The van der Waals surface area contributed by atoms with E-state index in [4.69, 9.17) is 16.0 Å². The van der Waals surface area contributed by atoms with Gasteiger partial charge in [0.2, 0.25) is 5.91 Å². The molecule has 0 bridgehead atoms. The minimum absolute atomic E-state index is 0.101. The standard InChI is InChI=1S/C22H23ClN2O2/c1-3-15(2)20(17-7-5-4-6-8-17)21(26)25-22-24-14-19(27-22)13-16-9-11-18(23)12-10-16/h4-12,14-15,20H,3,13H2,1-2H3,(H,24,25,26). The van der Waals surface area contributed by atoms with Gasteiger partial charge in [0.15, 0.2) is 0 Å². The summed E-state index contributed by atoms with van der Waals surface area (Å²) in [6.45, 7) is 4.17. The van der Waals surface area contributed by atoms with Crippen molar-refractivity contribution < 1.29 is 9.21 Å². The molecule has 0 saturated carbocycles. The van der Waals surface area contributed by atoms with E-state index in [0.717, 1.165) is 17.5 Å². The molecule has 2 atom stereocenters. The van der Waals surface area contributed by atoms with Crippen LogP contribution in [0.1, 0.15) is 43.1 Å². The minimum atomic E-state index is -0.247. The zero-order chi connectivity index (χ0) is 19.2. The number of benzene rings is 2. The van der Waals surface area contributed by atoms with Crippen molar-refractivity contribution in [3.8, 4) is 0 Å². The summed E-state index contributed by atoms with van der Waals surface area (Å²) in [6.07, 6.45) is 3.14. The lowest BCUT2D eigenvalue weighted by atomic mass is 9.85. The molecule has 1 heterocycles. The summed E-state index contributed by atoms with van der Waals surface area (Å²) in [7, 11) is 0. The molecule has 1 N–H and O–H groups in total. The zero-order valence-electron chi connectivity index (χ0n) is 15.5. The van der Waals surface area contributed by atoms with Gasteiger partial charge in [0, 0.05) is 11.4 Å². The van der Waals surface area contributed by atoms with Crippen LogP contribution in [0.3, 0.4) is 0 Å². The van der Waals surface area contributed by atoms with Crippen LogP contribution >= 0.6 is 11.6 Å². The fourth-order valence-electron chi connectivity index (χ4n) is 3.07. The Labute approximate surface area is 164 Å². The average molecular weight is 383 g/mol. The molecule has 3 aromatic rings. The number of nitrogens with zero attached hydrogens (tertiary/aromatic N) is 1. The molecule has 1 amide bonds. The number of amides is 1. The number of halogens is 1. The number of aromatic nitrogens is 1. The fraction of sp³-hybridized carbons (Fsp3) is 0.273. The topological polar surface area (TPSA) is 55.1 Å². The Morgan fingerprint density at radius 3 is 2.52 bits per heavy atom. The molecule has 0 fully saturated rings. The molecule has 0 aliphatic carbocycles. The first-order valence-electron chi connectivity index (χ1n) is 9.11. The Morgan fingerprint density at radius 2 is 1.85 bits per heavy atom. The van der Waals surface area contributed by atoms with E-state index in [1.807, 2.05) is 54.6 Å². The maximum atomic E-state index is 12.9. The van der Waals surface area contributed by atoms with E-state index in [0.29, 0.717) is 17.2 Å². The van der Waals surface area contributed by atoms with Gasteiger partial charge < -0.3 is 4.42 Å². The molecule has 4 nitrogen and oxygen atoms in total. The van der Waals surface area contributed by atoms with E-state index in [9.17, 15) is 4.79 Å². The average Bonchev–Trinajstić information content (AvgIpc) is 3.11. The SMILES string of the molecule is CCC(C)C(C(=O)Nc1ncc(Cc2ccc(Cl)cc2)o1)c1ccccc1. The summed E-state index contributed by atoms with van der Waals surface area (Å²) in [5.41, 5.74) is 2.06. The lowest BCUT2D eigenvalue weighted by molar-refractivity contribution is -0.118. The number of carbonyl (C=O) groups excluding carboxylic acids is 1. The maximum Gasteiger partial charge on any atom is 0.301 e. The van der Waals surface area contributed by atoms with Crippen molar-refractivity contribution >= 4 is 23.5 Å². The summed E-state index contributed by atoms with van der Waals surface area (Å²) >= 11 is 5.91. The number of carbonyl (C=O) groups is 1. The molecule has 0 spiro atoms. The first kappa shape index (κ1) is 19.2. The van der Waals surface area contributed by atoms with Gasteiger partial charge >= 0.3 is 6.01 Å². The normalized spacial score (nSPS) is 13.1. The van der Waals surface area contributed by atoms with Gasteiger partial charge in [0.1, 0.15) is 5.76 Å². The second-order valence-corrected chi connectivity index (χ2v) is 7.13. The van der Waals surface area contributed by atoms with Gasteiger partial charge in [-0.15, -0.1) is 0 Å². The van der Waals surface area contributed by atoms with Crippen LogP contribution in [0.2, 0.25) is 5.02 Å². The van der Waals surface area contributed by atoms with Crippen LogP contribution in [-0.4, -0.2) is 10.9 Å². The molecule has 1 aromatic heterocycles. The second kappa shape index (κ2) is 8.87. The van der Waals surface area contributed by atoms with Crippen molar-refractivity contribution in [1.82, 2.24) is 4.98 Å². The molecule has 2 aromatic carbocycles. The van der Waals surface area contributed by atoms with Crippen LogP contribution in [0.5, 0.6) is 0 Å². The highest BCUT2D eigenvalue weighted by Crippen LogP contribution is 2.28. The molecule has 140 valence electrons. The Hall–Kier alpha value is -2.59. The van der Waals surface area contributed by atoms with Gasteiger partial charge in [-0.2, -0.15) is 0 Å². The Bertz CT molecular complexity index is 875. The smallest absolute Gasteiger partial charge is 0.301 e. The number of rotatable bonds is 7. The van der Waals surface area contributed by atoms with Gasteiger partial charge in [-0.3, -0.25) is 10.1 Å². The van der Waals surface area contributed by atoms with Crippen molar-refractivity contribution in [3.63, 3.8) is 0 Å². The van der Waals surface area contributed by atoms with Gasteiger partial charge in [0.05, 0.1) is 12.1 Å². The van der Waals surface area contributed by atoms with Crippen LogP contribution in [-0.2, 0) is 11.2 Å². The third-order valence-electron chi connectivity index (χ3n) is 4.73. The summed E-state index contributed by atoms with van der Waals surface area (Å²) in [4.78, 5) is 17.1. The monoisotopic (exact) mass is 382 g/mol. The molecule has 0 saturated heterocycles. The van der Waals surface area contributed by atoms with E-state index in [2.05, 4.69) is 24.1 Å².